The molecule has 2 aromatic rings. The highest BCUT2D eigenvalue weighted by molar-refractivity contribution is 7.19. The van der Waals surface area contributed by atoms with Gasteiger partial charge in [0.2, 0.25) is 0 Å². The van der Waals surface area contributed by atoms with Gasteiger partial charge >= 0.3 is 0 Å². The summed E-state index contributed by atoms with van der Waals surface area (Å²) in [5.74, 6) is 1.88. The van der Waals surface area contributed by atoms with Crippen molar-refractivity contribution in [1.29, 1.82) is 0 Å². The van der Waals surface area contributed by atoms with Crippen molar-refractivity contribution < 1.29 is 0 Å². The molecule has 0 radical (unpaired) electrons. The van der Waals surface area contributed by atoms with Gasteiger partial charge in [0.25, 0.3) is 0 Å². The van der Waals surface area contributed by atoms with Crippen LogP contribution in [0, 0.1) is 5.92 Å². The molecule has 0 bridgehead atoms. The summed E-state index contributed by atoms with van der Waals surface area (Å²) < 4.78 is 1.43. The monoisotopic (exact) mass is 303 g/mol. The molecule has 0 saturated heterocycles. The van der Waals surface area contributed by atoms with Crippen LogP contribution in [0.5, 0.6) is 0 Å². The van der Waals surface area contributed by atoms with E-state index in [1.807, 2.05) is 11.3 Å². The smallest absolute Gasteiger partial charge is 0.0349 e. The van der Waals surface area contributed by atoms with Gasteiger partial charge < -0.3 is 5.32 Å². The van der Waals surface area contributed by atoms with Gasteiger partial charge in [-0.1, -0.05) is 47.6 Å². The minimum atomic E-state index is 0.581. The van der Waals surface area contributed by atoms with Crippen LogP contribution in [0.15, 0.2) is 18.2 Å². The zero-order chi connectivity index (χ0) is 15.6. The maximum absolute atomic E-state index is 3.61. The average Bonchev–Trinajstić information content (AvgIpc) is 2.75. The highest BCUT2D eigenvalue weighted by Gasteiger charge is 2.16. The number of fused-ring (bicyclic) bond motifs is 1. The summed E-state index contributed by atoms with van der Waals surface area (Å²) in [4.78, 5) is 1.52. The van der Waals surface area contributed by atoms with Crippen molar-refractivity contribution in [3.8, 4) is 0 Å². The van der Waals surface area contributed by atoms with E-state index in [2.05, 4.69) is 65.1 Å². The average molecular weight is 304 g/mol. The number of benzene rings is 1. The van der Waals surface area contributed by atoms with E-state index in [1.54, 1.807) is 5.56 Å². The standard InChI is InChI=1S/C19H29NS/c1-12(2)10-20-11-18-19(14(5)6)16-9-15(13(3)4)7-8-17(16)21-18/h7-9,12-14,20H,10-11H2,1-6H3. The van der Waals surface area contributed by atoms with Crippen molar-refractivity contribution in [2.45, 2.75) is 59.9 Å². The zero-order valence-electron chi connectivity index (χ0n) is 14.3. The lowest BCUT2D eigenvalue weighted by Gasteiger charge is -2.11. The van der Waals surface area contributed by atoms with Crippen LogP contribution in [0.2, 0.25) is 0 Å². The molecule has 1 aromatic carbocycles. The summed E-state index contributed by atoms with van der Waals surface area (Å²) in [6, 6.07) is 7.02. The van der Waals surface area contributed by atoms with Crippen molar-refractivity contribution >= 4 is 21.4 Å². The van der Waals surface area contributed by atoms with Gasteiger partial charge in [-0.15, -0.1) is 11.3 Å². The number of thiophene rings is 1. The van der Waals surface area contributed by atoms with Crippen LogP contribution in [-0.2, 0) is 6.54 Å². The van der Waals surface area contributed by atoms with E-state index in [0.29, 0.717) is 17.8 Å². The van der Waals surface area contributed by atoms with Crippen LogP contribution in [0.1, 0.15) is 69.4 Å². The lowest BCUT2D eigenvalue weighted by molar-refractivity contribution is 0.553. The van der Waals surface area contributed by atoms with Crippen molar-refractivity contribution in [2.24, 2.45) is 5.92 Å². The third-order valence-electron chi connectivity index (χ3n) is 3.91. The van der Waals surface area contributed by atoms with Crippen molar-refractivity contribution in [2.75, 3.05) is 6.54 Å². The minimum absolute atomic E-state index is 0.581. The van der Waals surface area contributed by atoms with Crippen molar-refractivity contribution in [3.05, 3.63) is 34.2 Å². The van der Waals surface area contributed by atoms with Crippen LogP contribution in [0.3, 0.4) is 0 Å². The molecular formula is C19H29NS. The molecule has 0 aliphatic heterocycles. The number of hydrogen-bond donors (Lipinski definition) is 1. The molecule has 1 nitrogen and oxygen atoms in total. The molecule has 2 rings (SSSR count). The van der Waals surface area contributed by atoms with Crippen LogP contribution >= 0.6 is 11.3 Å². The molecule has 0 aliphatic carbocycles. The Labute approximate surface area is 133 Å². The van der Waals surface area contributed by atoms with Gasteiger partial charge in [-0.2, -0.15) is 0 Å². The van der Waals surface area contributed by atoms with Gasteiger partial charge in [0.1, 0.15) is 0 Å². The fourth-order valence-corrected chi connectivity index (χ4v) is 4.09. The molecular weight excluding hydrogens is 274 g/mol. The largest absolute Gasteiger partial charge is 0.312 e. The second-order valence-electron chi connectivity index (χ2n) is 7.03. The maximum Gasteiger partial charge on any atom is 0.0349 e. The first kappa shape index (κ1) is 16.5. The Balaban J connectivity index is 2.38. The van der Waals surface area contributed by atoms with E-state index in [4.69, 9.17) is 0 Å². The predicted octanol–water partition coefficient (Wildman–Crippen LogP) is 5.89. The van der Waals surface area contributed by atoms with Gasteiger partial charge in [-0.05, 0) is 52.9 Å². The van der Waals surface area contributed by atoms with E-state index >= 15 is 0 Å². The van der Waals surface area contributed by atoms with Crippen LogP contribution in [0.4, 0.5) is 0 Å². The molecule has 0 unspecified atom stereocenters. The molecule has 0 aliphatic rings. The molecule has 1 aromatic heterocycles. The second kappa shape index (κ2) is 6.93. The Morgan fingerprint density at radius 2 is 1.71 bits per heavy atom. The highest BCUT2D eigenvalue weighted by Crippen LogP contribution is 2.37. The van der Waals surface area contributed by atoms with E-state index in [1.165, 1.54) is 20.5 Å². The molecule has 0 amide bonds. The molecule has 116 valence electrons. The fourth-order valence-electron chi connectivity index (χ4n) is 2.78. The summed E-state index contributed by atoms with van der Waals surface area (Å²) in [6.07, 6.45) is 0. The summed E-state index contributed by atoms with van der Waals surface area (Å²) in [5, 5.41) is 5.08. The molecule has 21 heavy (non-hydrogen) atoms. The van der Waals surface area contributed by atoms with Crippen LogP contribution < -0.4 is 5.32 Å². The van der Waals surface area contributed by atoms with Crippen LogP contribution in [-0.4, -0.2) is 6.54 Å². The van der Waals surface area contributed by atoms with E-state index in [-0.39, 0.29) is 0 Å². The molecule has 0 fully saturated rings. The first-order chi connectivity index (χ1) is 9.90. The molecule has 0 atom stereocenters. The maximum atomic E-state index is 3.61. The molecule has 1 N–H and O–H groups in total. The van der Waals surface area contributed by atoms with Crippen molar-refractivity contribution in [3.63, 3.8) is 0 Å². The Hall–Kier alpha value is -0.860. The second-order valence-corrected chi connectivity index (χ2v) is 8.17. The number of rotatable bonds is 6. The highest BCUT2D eigenvalue weighted by atomic mass is 32.1. The zero-order valence-corrected chi connectivity index (χ0v) is 15.1. The van der Waals surface area contributed by atoms with Crippen molar-refractivity contribution in [1.82, 2.24) is 5.32 Å². The first-order valence-electron chi connectivity index (χ1n) is 8.16. The normalized spacial score (nSPS) is 12.2. The summed E-state index contributed by atoms with van der Waals surface area (Å²) in [6.45, 7) is 15.8. The van der Waals surface area contributed by atoms with E-state index in [0.717, 1.165) is 13.1 Å². The number of nitrogens with one attached hydrogen (secondary N) is 1. The van der Waals surface area contributed by atoms with Gasteiger partial charge in [-0.3, -0.25) is 0 Å². The Kier molecular flexibility index (Phi) is 5.45. The summed E-state index contributed by atoms with van der Waals surface area (Å²) in [5.41, 5.74) is 3.00. The summed E-state index contributed by atoms with van der Waals surface area (Å²) >= 11 is 1.96. The lowest BCUT2D eigenvalue weighted by atomic mass is 9.95. The first-order valence-corrected chi connectivity index (χ1v) is 8.97. The Morgan fingerprint density at radius 1 is 1.00 bits per heavy atom. The third-order valence-corrected chi connectivity index (χ3v) is 5.10. The molecule has 2 heteroatoms. The fraction of sp³-hybridized carbons (Fsp3) is 0.579. The molecule has 0 spiro atoms. The van der Waals surface area contributed by atoms with E-state index in [9.17, 15) is 0 Å². The summed E-state index contributed by atoms with van der Waals surface area (Å²) in [7, 11) is 0. The van der Waals surface area contributed by atoms with Gasteiger partial charge in [0.15, 0.2) is 0 Å². The molecule has 0 saturated carbocycles. The third kappa shape index (κ3) is 3.87. The predicted molar refractivity (Wildman–Crippen MR) is 96.5 cm³/mol. The lowest BCUT2D eigenvalue weighted by Crippen LogP contribution is -2.19. The number of hydrogen-bond acceptors (Lipinski definition) is 2. The van der Waals surface area contributed by atoms with Gasteiger partial charge in [0, 0.05) is 16.1 Å². The molecule has 1 heterocycles. The quantitative estimate of drug-likeness (QED) is 0.701. The van der Waals surface area contributed by atoms with Gasteiger partial charge in [-0.25, -0.2) is 0 Å². The topological polar surface area (TPSA) is 12.0 Å². The van der Waals surface area contributed by atoms with E-state index < -0.39 is 0 Å². The SMILES string of the molecule is CC(C)CNCc1sc2ccc(C(C)C)cc2c1C(C)C. The minimum Gasteiger partial charge on any atom is -0.312 e. The van der Waals surface area contributed by atoms with Gasteiger partial charge in [0.05, 0.1) is 0 Å². The Morgan fingerprint density at radius 3 is 2.29 bits per heavy atom. The Bertz CT molecular complexity index is 593. The van der Waals surface area contributed by atoms with Crippen LogP contribution in [0.25, 0.3) is 10.1 Å².